The van der Waals surface area contributed by atoms with Crippen LogP contribution in [0.5, 0.6) is 0 Å². The summed E-state index contributed by atoms with van der Waals surface area (Å²) in [5.74, 6) is 2.38. The highest BCUT2D eigenvalue weighted by molar-refractivity contribution is 8.00. The fourth-order valence-electron chi connectivity index (χ4n) is 7.22. The number of fused-ring (bicyclic) bond motifs is 6. The molecule has 2 aliphatic rings. The second-order valence-corrected chi connectivity index (χ2v) is 15.0. The number of thiophene rings is 1. The number of aromatic nitrogens is 3. The average Bonchev–Trinajstić information content (AvgIpc) is 3.76. The lowest BCUT2D eigenvalue weighted by atomic mass is 9.87. The number of hydrogen-bond donors (Lipinski definition) is 0. The van der Waals surface area contributed by atoms with Crippen LogP contribution < -0.4 is 0 Å². The fourth-order valence-corrected chi connectivity index (χ4v) is 9.83. The van der Waals surface area contributed by atoms with Crippen molar-refractivity contribution in [2.24, 2.45) is 0 Å². The van der Waals surface area contributed by atoms with Crippen molar-refractivity contribution < 1.29 is 0 Å². The quantitative estimate of drug-likeness (QED) is 0.182. The standard InChI is InChI=1S/C45H29N3S2/c1-3-12-28(13-4-1)30-16-11-17-32(24-30)44-46-43(29-14-5-2-6-15-29)47-45(48-44)33-25-37(42-38(26-33)35-19-8-10-21-40(35)50-42)31-22-23-36-34-18-7-9-20-39(34)49-41(36)27-31/h1-27,36,41H. The Morgan fingerprint density at radius 3 is 2.00 bits per heavy atom. The van der Waals surface area contributed by atoms with Crippen LogP contribution in [0.25, 0.3) is 71.0 Å². The van der Waals surface area contributed by atoms with Gasteiger partial charge in [0.15, 0.2) is 17.5 Å². The monoisotopic (exact) mass is 675 g/mol. The van der Waals surface area contributed by atoms with E-state index in [9.17, 15) is 0 Å². The van der Waals surface area contributed by atoms with Crippen molar-refractivity contribution >= 4 is 48.8 Å². The Hall–Kier alpha value is -5.62. The molecule has 0 saturated heterocycles. The van der Waals surface area contributed by atoms with Gasteiger partial charge < -0.3 is 0 Å². The third-order valence-corrected chi connectivity index (χ3v) is 12.2. The van der Waals surface area contributed by atoms with Crippen LogP contribution in [0.4, 0.5) is 0 Å². The Bertz CT molecular complexity index is 2640. The van der Waals surface area contributed by atoms with Gasteiger partial charge in [-0.25, -0.2) is 15.0 Å². The molecular formula is C45H29N3S2. The summed E-state index contributed by atoms with van der Waals surface area (Å²) in [7, 11) is 0. The number of nitrogens with zero attached hydrogens (tertiary/aromatic N) is 3. The Kier molecular flexibility index (Phi) is 7.07. The summed E-state index contributed by atoms with van der Waals surface area (Å²) < 4.78 is 2.57. The van der Waals surface area contributed by atoms with Gasteiger partial charge in [0, 0.05) is 52.9 Å². The summed E-state index contributed by atoms with van der Waals surface area (Å²) in [6, 6.07) is 51.3. The molecular weight excluding hydrogens is 647 g/mol. The van der Waals surface area contributed by atoms with E-state index in [4.69, 9.17) is 15.0 Å². The van der Waals surface area contributed by atoms with Gasteiger partial charge in [-0.1, -0.05) is 133 Å². The van der Waals surface area contributed by atoms with Crippen LogP contribution in [0.2, 0.25) is 0 Å². The second kappa shape index (κ2) is 12.1. The number of benzene rings is 6. The van der Waals surface area contributed by atoms with Crippen LogP contribution in [0, 0.1) is 0 Å². The van der Waals surface area contributed by atoms with Crippen molar-refractivity contribution in [3.8, 4) is 45.3 Å². The van der Waals surface area contributed by atoms with Crippen LogP contribution >= 0.6 is 23.1 Å². The first-order chi connectivity index (χ1) is 24.7. The van der Waals surface area contributed by atoms with E-state index in [1.807, 2.05) is 47.4 Å². The molecule has 2 atom stereocenters. The van der Waals surface area contributed by atoms with E-state index in [1.165, 1.54) is 41.8 Å². The zero-order chi connectivity index (χ0) is 33.0. The maximum absolute atomic E-state index is 5.21. The van der Waals surface area contributed by atoms with E-state index in [-0.39, 0.29) is 0 Å². The molecule has 50 heavy (non-hydrogen) atoms. The summed E-state index contributed by atoms with van der Waals surface area (Å²) in [5, 5.41) is 2.85. The molecule has 8 aromatic rings. The van der Waals surface area contributed by atoms with E-state index in [1.54, 1.807) is 0 Å². The molecule has 0 fully saturated rings. The van der Waals surface area contributed by atoms with Gasteiger partial charge in [-0.2, -0.15) is 0 Å². The maximum Gasteiger partial charge on any atom is 0.164 e. The molecule has 10 rings (SSSR count). The Balaban J connectivity index is 1.17. The van der Waals surface area contributed by atoms with Crippen LogP contribution in [0.1, 0.15) is 17.0 Å². The summed E-state index contributed by atoms with van der Waals surface area (Å²) in [4.78, 5) is 16.8. The molecule has 3 heterocycles. The van der Waals surface area contributed by atoms with E-state index in [0.29, 0.717) is 28.6 Å². The predicted molar refractivity (Wildman–Crippen MR) is 210 cm³/mol. The molecule has 0 spiro atoms. The van der Waals surface area contributed by atoms with Crippen LogP contribution in [-0.4, -0.2) is 20.2 Å². The Morgan fingerprint density at radius 1 is 0.500 bits per heavy atom. The molecule has 0 bridgehead atoms. The lowest BCUT2D eigenvalue weighted by Crippen LogP contribution is -2.09. The first kappa shape index (κ1) is 29.3. The van der Waals surface area contributed by atoms with E-state index in [0.717, 1.165) is 27.8 Å². The van der Waals surface area contributed by atoms with Crippen molar-refractivity contribution in [3.63, 3.8) is 0 Å². The van der Waals surface area contributed by atoms with E-state index >= 15 is 0 Å². The third-order valence-electron chi connectivity index (χ3n) is 9.66. The zero-order valence-corrected chi connectivity index (χ0v) is 28.5. The minimum absolute atomic E-state index is 0.367. The van der Waals surface area contributed by atoms with Crippen molar-refractivity contribution in [3.05, 3.63) is 175 Å². The molecule has 2 unspecified atom stereocenters. The Labute approximate surface area is 298 Å². The fraction of sp³-hybridized carbons (Fsp3) is 0.0444. The highest BCUT2D eigenvalue weighted by Gasteiger charge is 2.32. The smallest absolute Gasteiger partial charge is 0.164 e. The second-order valence-electron chi connectivity index (χ2n) is 12.7. The molecule has 0 N–H and O–H groups in total. The molecule has 0 amide bonds. The topological polar surface area (TPSA) is 38.7 Å². The number of thioether (sulfide) groups is 1. The van der Waals surface area contributed by atoms with E-state index in [2.05, 4.69) is 140 Å². The SMILES string of the molecule is C1=CC2c3ccccc3SC2C=C1c1cc(-c2nc(-c3ccccc3)nc(-c3cccc(-c4ccccc4)c3)n2)cc2c1sc1ccccc12. The lowest BCUT2D eigenvalue weighted by molar-refractivity contribution is 0.884. The van der Waals surface area contributed by atoms with Gasteiger partial charge in [-0.15, -0.1) is 23.1 Å². The summed E-state index contributed by atoms with van der Waals surface area (Å²) in [6.07, 6.45) is 7.20. The van der Waals surface area contributed by atoms with Crippen molar-refractivity contribution in [1.29, 1.82) is 0 Å². The molecule has 2 aromatic heterocycles. The van der Waals surface area contributed by atoms with Gasteiger partial charge in [0.1, 0.15) is 0 Å². The largest absolute Gasteiger partial charge is 0.208 e. The summed E-state index contributed by atoms with van der Waals surface area (Å²) in [5.41, 5.74) is 9.08. The highest BCUT2D eigenvalue weighted by atomic mass is 32.2. The minimum Gasteiger partial charge on any atom is -0.208 e. The lowest BCUT2D eigenvalue weighted by Gasteiger charge is -2.20. The number of rotatable bonds is 5. The molecule has 1 aliphatic carbocycles. The molecule has 6 aromatic carbocycles. The van der Waals surface area contributed by atoms with Gasteiger partial charge >= 0.3 is 0 Å². The first-order valence-corrected chi connectivity index (χ1v) is 18.5. The number of allylic oxidation sites excluding steroid dienone is 3. The predicted octanol–water partition coefficient (Wildman–Crippen LogP) is 12.1. The van der Waals surface area contributed by atoms with Gasteiger partial charge in [-0.3, -0.25) is 0 Å². The van der Waals surface area contributed by atoms with Crippen molar-refractivity contribution in [1.82, 2.24) is 15.0 Å². The van der Waals surface area contributed by atoms with E-state index < -0.39 is 0 Å². The zero-order valence-electron chi connectivity index (χ0n) is 26.9. The average molecular weight is 676 g/mol. The Morgan fingerprint density at radius 2 is 1.16 bits per heavy atom. The third kappa shape index (κ3) is 5.09. The minimum atomic E-state index is 0.367. The highest BCUT2D eigenvalue weighted by Crippen LogP contribution is 2.51. The molecule has 0 saturated carbocycles. The number of hydrogen-bond acceptors (Lipinski definition) is 5. The van der Waals surface area contributed by atoms with Crippen LogP contribution in [0.15, 0.2) is 169 Å². The normalized spacial score (nSPS) is 16.4. The molecule has 0 radical (unpaired) electrons. The maximum atomic E-state index is 5.21. The van der Waals surface area contributed by atoms with Crippen molar-refractivity contribution in [2.75, 3.05) is 0 Å². The summed E-state index contributed by atoms with van der Waals surface area (Å²) >= 11 is 3.83. The van der Waals surface area contributed by atoms with Gasteiger partial charge in [-0.05, 0) is 58.2 Å². The van der Waals surface area contributed by atoms with Gasteiger partial charge in [0.2, 0.25) is 0 Å². The van der Waals surface area contributed by atoms with Gasteiger partial charge in [0.05, 0.1) is 0 Å². The van der Waals surface area contributed by atoms with Crippen LogP contribution in [0.3, 0.4) is 0 Å². The molecule has 5 heteroatoms. The van der Waals surface area contributed by atoms with Gasteiger partial charge in [0.25, 0.3) is 0 Å². The van der Waals surface area contributed by atoms with Crippen LogP contribution in [-0.2, 0) is 0 Å². The molecule has 236 valence electrons. The summed E-state index contributed by atoms with van der Waals surface area (Å²) in [6.45, 7) is 0. The molecule has 1 aliphatic heterocycles. The molecule has 3 nitrogen and oxygen atoms in total. The van der Waals surface area contributed by atoms with Crippen molar-refractivity contribution in [2.45, 2.75) is 16.1 Å². The first-order valence-electron chi connectivity index (χ1n) is 16.8.